The normalized spacial score (nSPS) is 12.6. The Kier molecular flexibility index (Phi) is 33.1. The Morgan fingerprint density at radius 3 is 1.62 bits per heavy atom. The minimum absolute atomic E-state index is 0.0940. The van der Waals surface area contributed by atoms with Crippen LogP contribution < -0.4 is 5.32 Å². The Bertz CT molecular complexity index is 560. The van der Waals surface area contributed by atoms with Gasteiger partial charge in [-0.25, -0.2) is 0 Å². The fourth-order valence-electron chi connectivity index (χ4n) is 5.16. The van der Waals surface area contributed by atoms with Gasteiger partial charge in [0.05, 0.1) is 6.10 Å². The molecule has 1 amide bonds. The first-order chi connectivity index (χ1) is 19.7. The summed E-state index contributed by atoms with van der Waals surface area (Å²) in [6.45, 7) is 3.19. The summed E-state index contributed by atoms with van der Waals surface area (Å²) < 4.78 is 0. The van der Waals surface area contributed by atoms with E-state index in [9.17, 15) is 9.90 Å². The second-order valence-electron chi connectivity index (χ2n) is 11.9. The first-order valence-electron chi connectivity index (χ1n) is 17.6. The summed E-state index contributed by atoms with van der Waals surface area (Å²) in [5.41, 5.74) is 0. The minimum Gasteiger partial charge on any atom is -0.396 e. The van der Waals surface area contributed by atoms with Crippen LogP contribution in [0.1, 0.15) is 180 Å². The molecule has 4 nitrogen and oxygen atoms in total. The lowest BCUT2D eigenvalue weighted by molar-refractivity contribution is -0.121. The van der Waals surface area contributed by atoms with E-state index in [1.807, 2.05) is 0 Å². The van der Waals surface area contributed by atoms with Gasteiger partial charge in [0.15, 0.2) is 0 Å². The third-order valence-electron chi connectivity index (χ3n) is 7.85. The number of nitrogens with one attached hydrogen (secondary N) is 1. The van der Waals surface area contributed by atoms with E-state index in [2.05, 4.69) is 36.5 Å². The molecule has 0 aliphatic rings. The van der Waals surface area contributed by atoms with Crippen LogP contribution in [0.4, 0.5) is 0 Å². The van der Waals surface area contributed by atoms with Crippen LogP contribution in [0.25, 0.3) is 0 Å². The van der Waals surface area contributed by atoms with Crippen molar-refractivity contribution in [3.8, 4) is 0 Å². The Morgan fingerprint density at radius 2 is 1.07 bits per heavy atom. The second kappa shape index (κ2) is 34.1. The van der Waals surface area contributed by atoms with Crippen LogP contribution in [0.2, 0.25) is 0 Å². The lowest BCUT2D eigenvalue weighted by atomic mass is 10.0. The monoisotopic (exact) mass is 564 g/mol. The van der Waals surface area contributed by atoms with Crippen LogP contribution in [0.3, 0.4) is 0 Å². The van der Waals surface area contributed by atoms with Crippen molar-refractivity contribution in [3.05, 3.63) is 24.3 Å². The van der Waals surface area contributed by atoms with Crippen LogP contribution in [0, 0.1) is 0 Å². The molecule has 0 aliphatic carbocycles. The first kappa shape index (κ1) is 38.9. The Morgan fingerprint density at radius 1 is 0.600 bits per heavy atom. The van der Waals surface area contributed by atoms with Gasteiger partial charge in [-0.2, -0.15) is 0 Å². The first-order valence-corrected chi connectivity index (χ1v) is 17.6. The van der Waals surface area contributed by atoms with E-state index in [1.165, 1.54) is 128 Å². The van der Waals surface area contributed by atoms with Crippen molar-refractivity contribution in [1.82, 2.24) is 5.32 Å². The molecule has 0 spiro atoms. The van der Waals surface area contributed by atoms with Crippen LogP contribution in [0.15, 0.2) is 24.3 Å². The number of amides is 1. The van der Waals surface area contributed by atoms with E-state index in [0.29, 0.717) is 12.8 Å². The molecule has 0 saturated carbocycles. The highest BCUT2D eigenvalue weighted by Gasteiger charge is 2.03. The number of unbranched alkanes of at least 4 members (excludes halogenated alkanes) is 20. The molecule has 0 heterocycles. The SMILES string of the molecule is CCCCC/C=C\C/C=C\CCCCCCCC(=O)NCCCCCCCCCCCCCCCC(O)CCO. The largest absolute Gasteiger partial charge is 0.396 e. The lowest BCUT2D eigenvalue weighted by Crippen LogP contribution is -2.23. The van der Waals surface area contributed by atoms with Gasteiger partial charge in [-0.05, 0) is 57.8 Å². The Hall–Kier alpha value is -1.13. The van der Waals surface area contributed by atoms with Gasteiger partial charge in [-0.15, -0.1) is 0 Å². The molecule has 0 radical (unpaired) electrons. The average molecular weight is 564 g/mol. The summed E-state index contributed by atoms with van der Waals surface area (Å²) in [4.78, 5) is 12.0. The number of carbonyl (C=O) groups is 1. The molecule has 0 aliphatic heterocycles. The van der Waals surface area contributed by atoms with Gasteiger partial charge in [-0.3, -0.25) is 4.79 Å². The van der Waals surface area contributed by atoms with E-state index in [1.54, 1.807) is 0 Å². The number of aliphatic hydroxyl groups excluding tert-OH is 2. The van der Waals surface area contributed by atoms with Crippen LogP contribution in [0.5, 0.6) is 0 Å². The lowest BCUT2D eigenvalue weighted by Gasteiger charge is -2.08. The minimum atomic E-state index is -0.311. The Labute approximate surface area is 249 Å². The number of aliphatic hydroxyl groups is 2. The fraction of sp³-hybridized carbons (Fsp3) is 0.861. The number of hydrogen-bond acceptors (Lipinski definition) is 3. The third-order valence-corrected chi connectivity index (χ3v) is 7.85. The summed E-state index contributed by atoms with van der Waals surface area (Å²) >= 11 is 0. The fourth-order valence-corrected chi connectivity index (χ4v) is 5.16. The maximum atomic E-state index is 12.0. The van der Waals surface area contributed by atoms with Gasteiger partial charge >= 0.3 is 0 Å². The zero-order valence-electron chi connectivity index (χ0n) is 26.7. The maximum Gasteiger partial charge on any atom is 0.219 e. The highest BCUT2D eigenvalue weighted by Crippen LogP contribution is 2.14. The van der Waals surface area contributed by atoms with Crippen LogP contribution in [-0.2, 0) is 4.79 Å². The molecule has 1 atom stereocenters. The predicted octanol–water partition coefficient (Wildman–Crippen LogP) is 10.1. The molecule has 3 N–H and O–H groups in total. The molecule has 0 rings (SSSR count). The van der Waals surface area contributed by atoms with Crippen molar-refractivity contribution in [2.75, 3.05) is 13.2 Å². The average Bonchev–Trinajstić information content (AvgIpc) is 2.95. The van der Waals surface area contributed by atoms with Crippen LogP contribution >= 0.6 is 0 Å². The summed E-state index contributed by atoms with van der Waals surface area (Å²) in [7, 11) is 0. The highest BCUT2D eigenvalue weighted by atomic mass is 16.3. The summed E-state index contributed by atoms with van der Waals surface area (Å²) in [5, 5.41) is 21.5. The van der Waals surface area contributed by atoms with E-state index in [4.69, 9.17) is 5.11 Å². The van der Waals surface area contributed by atoms with E-state index in [-0.39, 0.29) is 18.6 Å². The number of allylic oxidation sites excluding steroid dienone is 4. The van der Waals surface area contributed by atoms with Gasteiger partial charge in [0.1, 0.15) is 0 Å². The highest BCUT2D eigenvalue weighted by molar-refractivity contribution is 5.75. The molecule has 1 unspecified atom stereocenters. The van der Waals surface area contributed by atoms with Gasteiger partial charge in [0, 0.05) is 19.6 Å². The number of rotatable bonds is 32. The van der Waals surface area contributed by atoms with Gasteiger partial charge in [0.25, 0.3) is 0 Å². The van der Waals surface area contributed by atoms with Crippen molar-refractivity contribution < 1.29 is 15.0 Å². The molecule has 0 aromatic rings. The van der Waals surface area contributed by atoms with Crippen LogP contribution in [-0.4, -0.2) is 35.4 Å². The predicted molar refractivity (Wildman–Crippen MR) is 175 cm³/mol. The van der Waals surface area contributed by atoms with E-state index in [0.717, 1.165) is 38.6 Å². The molecule has 0 aromatic carbocycles. The maximum absolute atomic E-state index is 12.0. The van der Waals surface area contributed by atoms with Crippen molar-refractivity contribution in [2.45, 2.75) is 186 Å². The zero-order chi connectivity index (χ0) is 29.2. The molecule has 0 fully saturated rings. The van der Waals surface area contributed by atoms with E-state index >= 15 is 0 Å². The van der Waals surface area contributed by atoms with Crippen molar-refractivity contribution in [3.63, 3.8) is 0 Å². The van der Waals surface area contributed by atoms with E-state index < -0.39 is 0 Å². The standard InChI is InChI=1S/C36H69NO3/c1-2-3-4-5-6-7-8-9-10-13-16-19-22-25-28-31-36(40)37-33-29-26-23-20-17-14-11-12-15-18-21-24-27-30-35(39)32-34-38/h6-7,9-10,35,38-39H,2-5,8,11-34H2,1H3,(H,37,40)/b7-6-,10-9-. The molecule has 0 saturated heterocycles. The summed E-state index contributed by atoms with van der Waals surface area (Å²) in [5.74, 6) is 0.241. The third kappa shape index (κ3) is 33.1. The molecule has 0 aromatic heterocycles. The summed E-state index contributed by atoms with van der Waals surface area (Å²) in [6.07, 6.45) is 41.1. The van der Waals surface area contributed by atoms with Crippen molar-refractivity contribution in [2.24, 2.45) is 0 Å². The molecule has 4 heteroatoms. The summed E-state index contributed by atoms with van der Waals surface area (Å²) in [6, 6.07) is 0. The molecular weight excluding hydrogens is 494 g/mol. The Balaban J connectivity index is 3.23. The van der Waals surface area contributed by atoms with Crippen molar-refractivity contribution in [1.29, 1.82) is 0 Å². The molecule has 236 valence electrons. The zero-order valence-corrected chi connectivity index (χ0v) is 26.7. The smallest absolute Gasteiger partial charge is 0.219 e. The molecule has 40 heavy (non-hydrogen) atoms. The van der Waals surface area contributed by atoms with Gasteiger partial charge in [-0.1, -0.05) is 140 Å². The topological polar surface area (TPSA) is 69.6 Å². The van der Waals surface area contributed by atoms with Crippen molar-refractivity contribution >= 4 is 5.91 Å². The number of carbonyl (C=O) groups excluding carboxylic acids is 1. The quantitative estimate of drug-likeness (QED) is 0.0563. The second-order valence-corrected chi connectivity index (χ2v) is 11.9. The van der Waals surface area contributed by atoms with Gasteiger partial charge < -0.3 is 15.5 Å². The number of hydrogen-bond donors (Lipinski definition) is 3. The molecule has 0 bridgehead atoms. The molecular formula is C36H69NO3. The van der Waals surface area contributed by atoms with Gasteiger partial charge in [0.2, 0.25) is 5.91 Å².